The van der Waals surface area contributed by atoms with Crippen molar-refractivity contribution in [3.05, 3.63) is 63.8 Å². The van der Waals surface area contributed by atoms with Gasteiger partial charge in [-0.15, -0.1) is 11.3 Å². The molecule has 0 unspecified atom stereocenters. The molecular weight excluding hydrogens is 358 g/mol. The van der Waals surface area contributed by atoms with Gasteiger partial charge >= 0.3 is 0 Å². The molecular formula is C17H14ClN5OS. The summed E-state index contributed by atoms with van der Waals surface area (Å²) < 4.78 is 1.92. The van der Waals surface area contributed by atoms with E-state index in [0.717, 1.165) is 21.5 Å². The number of rotatable bonds is 4. The van der Waals surface area contributed by atoms with E-state index in [9.17, 15) is 4.79 Å². The molecule has 126 valence electrons. The second-order valence-electron chi connectivity index (χ2n) is 5.62. The molecule has 0 aliphatic heterocycles. The average molecular weight is 372 g/mol. The summed E-state index contributed by atoms with van der Waals surface area (Å²) in [6, 6.07) is 11.3. The summed E-state index contributed by atoms with van der Waals surface area (Å²) in [4.78, 5) is 14.0. The van der Waals surface area contributed by atoms with Gasteiger partial charge in [0.15, 0.2) is 0 Å². The summed E-state index contributed by atoms with van der Waals surface area (Å²) in [5.41, 5.74) is 2.01. The zero-order chi connectivity index (χ0) is 17.4. The van der Waals surface area contributed by atoms with Crippen LogP contribution in [0.2, 0.25) is 5.02 Å². The Balaban J connectivity index is 1.64. The highest BCUT2D eigenvalue weighted by molar-refractivity contribution is 7.20. The number of benzene rings is 1. The standard InChI is InChI=1S/C17H14ClN5OS/c1-10-13-8-14(16(24)20-15-6-7-19-21-15)25-17(13)23(22-10)9-11-2-4-12(18)5-3-11/h2-8H,9H2,1H3,(H2,19,20,21,24). The van der Waals surface area contributed by atoms with Crippen molar-refractivity contribution in [3.63, 3.8) is 0 Å². The van der Waals surface area contributed by atoms with E-state index >= 15 is 0 Å². The second kappa shape index (κ2) is 6.34. The smallest absolute Gasteiger partial charge is 0.266 e. The number of nitrogens with zero attached hydrogens (tertiary/aromatic N) is 3. The van der Waals surface area contributed by atoms with E-state index in [-0.39, 0.29) is 5.91 Å². The molecule has 0 bridgehead atoms. The Morgan fingerprint density at radius 1 is 1.32 bits per heavy atom. The van der Waals surface area contributed by atoms with Gasteiger partial charge in [0.1, 0.15) is 10.6 Å². The van der Waals surface area contributed by atoms with E-state index < -0.39 is 0 Å². The number of aryl methyl sites for hydroxylation is 1. The number of anilines is 1. The first-order valence-electron chi connectivity index (χ1n) is 7.62. The van der Waals surface area contributed by atoms with Crippen LogP contribution in [0.25, 0.3) is 10.2 Å². The summed E-state index contributed by atoms with van der Waals surface area (Å²) >= 11 is 7.36. The first-order chi connectivity index (χ1) is 12.1. The Hall–Kier alpha value is -2.64. The van der Waals surface area contributed by atoms with Crippen molar-refractivity contribution in [1.82, 2.24) is 20.0 Å². The second-order valence-corrected chi connectivity index (χ2v) is 7.09. The lowest BCUT2D eigenvalue weighted by Crippen LogP contribution is -2.10. The predicted molar refractivity (Wildman–Crippen MR) is 99.4 cm³/mol. The van der Waals surface area contributed by atoms with Crippen molar-refractivity contribution in [2.75, 3.05) is 5.32 Å². The van der Waals surface area contributed by atoms with Crippen LogP contribution in [0.5, 0.6) is 0 Å². The van der Waals surface area contributed by atoms with Crippen LogP contribution in [0.15, 0.2) is 42.6 Å². The number of carbonyl (C=O) groups is 1. The molecule has 0 spiro atoms. The monoisotopic (exact) mass is 371 g/mol. The molecule has 1 amide bonds. The molecule has 0 fully saturated rings. The maximum absolute atomic E-state index is 12.4. The van der Waals surface area contributed by atoms with Crippen molar-refractivity contribution in [3.8, 4) is 0 Å². The van der Waals surface area contributed by atoms with E-state index in [0.29, 0.717) is 22.3 Å². The number of fused-ring (bicyclic) bond motifs is 1. The van der Waals surface area contributed by atoms with Crippen molar-refractivity contribution < 1.29 is 4.79 Å². The molecule has 25 heavy (non-hydrogen) atoms. The maximum atomic E-state index is 12.4. The van der Waals surface area contributed by atoms with E-state index in [4.69, 9.17) is 11.6 Å². The molecule has 8 heteroatoms. The summed E-state index contributed by atoms with van der Waals surface area (Å²) in [5.74, 6) is 0.407. The minimum absolute atomic E-state index is 0.164. The summed E-state index contributed by atoms with van der Waals surface area (Å²) in [6.45, 7) is 2.58. The quantitative estimate of drug-likeness (QED) is 0.567. The zero-order valence-electron chi connectivity index (χ0n) is 13.3. The fraction of sp³-hybridized carbons (Fsp3) is 0.118. The van der Waals surface area contributed by atoms with Crippen LogP contribution in [0.1, 0.15) is 20.9 Å². The lowest BCUT2D eigenvalue weighted by atomic mass is 10.2. The molecule has 2 N–H and O–H groups in total. The van der Waals surface area contributed by atoms with Crippen LogP contribution in [-0.4, -0.2) is 25.9 Å². The predicted octanol–water partition coefficient (Wildman–Crippen LogP) is 4.08. The molecule has 3 aromatic heterocycles. The number of amides is 1. The van der Waals surface area contributed by atoms with Gasteiger partial charge in [0.2, 0.25) is 0 Å². The van der Waals surface area contributed by atoms with Gasteiger partial charge in [-0.1, -0.05) is 23.7 Å². The number of halogens is 1. The molecule has 3 heterocycles. The number of hydrogen-bond acceptors (Lipinski definition) is 4. The normalized spacial score (nSPS) is 11.1. The number of nitrogens with one attached hydrogen (secondary N) is 2. The molecule has 4 aromatic rings. The molecule has 0 atom stereocenters. The summed E-state index contributed by atoms with van der Waals surface area (Å²) in [5, 5.41) is 15.6. The van der Waals surface area contributed by atoms with Gasteiger partial charge in [-0.05, 0) is 30.7 Å². The molecule has 0 radical (unpaired) electrons. The zero-order valence-corrected chi connectivity index (χ0v) is 14.9. The third-order valence-corrected chi connectivity index (χ3v) is 5.22. The molecule has 0 saturated heterocycles. The fourth-order valence-electron chi connectivity index (χ4n) is 2.60. The molecule has 1 aromatic carbocycles. The highest BCUT2D eigenvalue weighted by atomic mass is 35.5. The van der Waals surface area contributed by atoms with Gasteiger partial charge in [-0.25, -0.2) is 0 Å². The Morgan fingerprint density at radius 3 is 2.84 bits per heavy atom. The van der Waals surface area contributed by atoms with Gasteiger partial charge in [0.25, 0.3) is 5.91 Å². The Morgan fingerprint density at radius 2 is 2.12 bits per heavy atom. The first-order valence-corrected chi connectivity index (χ1v) is 8.82. The van der Waals surface area contributed by atoms with Gasteiger partial charge < -0.3 is 5.32 Å². The lowest BCUT2D eigenvalue weighted by molar-refractivity contribution is 0.103. The minimum atomic E-state index is -0.164. The SMILES string of the molecule is Cc1nn(Cc2ccc(Cl)cc2)c2sc(C(=O)Nc3ccn[nH]3)cc12. The summed E-state index contributed by atoms with van der Waals surface area (Å²) in [7, 11) is 0. The Kier molecular flexibility index (Phi) is 4.03. The van der Waals surface area contributed by atoms with Crippen molar-refractivity contribution in [1.29, 1.82) is 0 Å². The number of hydrogen-bond donors (Lipinski definition) is 2. The van der Waals surface area contributed by atoms with Crippen LogP contribution >= 0.6 is 22.9 Å². The van der Waals surface area contributed by atoms with Gasteiger partial charge in [-0.2, -0.15) is 10.2 Å². The van der Waals surface area contributed by atoms with Crippen molar-refractivity contribution in [2.24, 2.45) is 0 Å². The Labute approximate surface area is 152 Å². The largest absolute Gasteiger partial charge is 0.306 e. The third kappa shape index (κ3) is 3.16. The van der Waals surface area contributed by atoms with E-state index in [1.807, 2.05) is 41.9 Å². The van der Waals surface area contributed by atoms with Gasteiger partial charge in [0.05, 0.1) is 23.3 Å². The van der Waals surface area contributed by atoms with Crippen LogP contribution in [-0.2, 0) is 6.54 Å². The first kappa shape index (κ1) is 15.9. The highest BCUT2D eigenvalue weighted by Crippen LogP contribution is 2.29. The van der Waals surface area contributed by atoms with Crippen molar-refractivity contribution in [2.45, 2.75) is 13.5 Å². The van der Waals surface area contributed by atoms with E-state index in [1.165, 1.54) is 11.3 Å². The fourth-order valence-corrected chi connectivity index (χ4v) is 3.79. The lowest BCUT2D eigenvalue weighted by Gasteiger charge is -2.03. The van der Waals surface area contributed by atoms with Crippen LogP contribution in [0, 0.1) is 6.92 Å². The van der Waals surface area contributed by atoms with Crippen molar-refractivity contribution >= 4 is 44.9 Å². The van der Waals surface area contributed by atoms with E-state index in [1.54, 1.807) is 12.3 Å². The molecule has 6 nitrogen and oxygen atoms in total. The third-order valence-electron chi connectivity index (χ3n) is 3.83. The maximum Gasteiger partial charge on any atom is 0.266 e. The topological polar surface area (TPSA) is 75.6 Å². The number of thiophene rings is 1. The molecule has 0 saturated carbocycles. The van der Waals surface area contributed by atoms with Crippen LogP contribution in [0.3, 0.4) is 0 Å². The summed E-state index contributed by atoms with van der Waals surface area (Å²) in [6.07, 6.45) is 1.59. The van der Waals surface area contributed by atoms with Crippen LogP contribution < -0.4 is 5.32 Å². The van der Waals surface area contributed by atoms with E-state index in [2.05, 4.69) is 20.6 Å². The van der Waals surface area contributed by atoms with Gasteiger partial charge in [-0.3, -0.25) is 14.6 Å². The number of aromatic nitrogens is 4. The van der Waals surface area contributed by atoms with Crippen LogP contribution in [0.4, 0.5) is 5.82 Å². The molecule has 0 aliphatic carbocycles. The number of carbonyl (C=O) groups excluding carboxylic acids is 1. The molecule has 0 aliphatic rings. The average Bonchev–Trinajstić information content (AvgIpc) is 3.29. The number of aromatic amines is 1. The highest BCUT2D eigenvalue weighted by Gasteiger charge is 2.17. The Bertz CT molecular complexity index is 1030. The van der Waals surface area contributed by atoms with Gasteiger partial charge in [0, 0.05) is 16.5 Å². The number of H-pyrrole nitrogens is 1. The molecule has 4 rings (SSSR count). The minimum Gasteiger partial charge on any atom is -0.306 e.